The van der Waals surface area contributed by atoms with Gasteiger partial charge in [0.15, 0.2) is 24.6 Å². The van der Waals surface area contributed by atoms with Gasteiger partial charge in [-0.3, -0.25) is 14.4 Å². The molecule has 1 aliphatic heterocycles. The number of aliphatic hydroxyl groups excluding tert-OH is 2. The van der Waals surface area contributed by atoms with E-state index in [0.717, 1.165) is 128 Å². The molecule has 1 fully saturated rings. The summed E-state index contributed by atoms with van der Waals surface area (Å²) < 4.78 is 28.3. The number of carbonyl (C=O) groups is 4. The van der Waals surface area contributed by atoms with Crippen LogP contribution in [-0.4, -0.2) is 89.2 Å². The number of hydrogen-bond donors (Lipinski definition) is 3. The lowest BCUT2D eigenvalue weighted by Gasteiger charge is -2.40. The molecular weight excluding hydrogens is 997 g/mol. The van der Waals surface area contributed by atoms with E-state index < -0.39 is 67.3 Å². The number of esters is 3. The number of rotatable bonds is 49. The van der Waals surface area contributed by atoms with Crippen molar-refractivity contribution in [1.82, 2.24) is 0 Å². The molecule has 1 aliphatic rings. The molecule has 0 spiro atoms. The molecule has 0 aromatic rings. The van der Waals surface area contributed by atoms with E-state index in [0.29, 0.717) is 25.7 Å². The van der Waals surface area contributed by atoms with Gasteiger partial charge < -0.3 is 39.0 Å². The van der Waals surface area contributed by atoms with Gasteiger partial charge in [0, 0.05) is 19.3 Å². The first kappa shape index (κ1) is 71.9. The first-order valence-electron chi connectivity index (χ1n) is 30.2. The summed E-state index contributed by atoms with van der Waals surface area (Å²) in [4.78, 5) is 51.1. The normalized spacial score (nSPS) is 18.8. The number of allylic oxidation sites excluding steroid dienone is 22. The number of aliphatic carboxylic acids is 1. The van der Waals surface area contributed by atoms with Crippen molar-refractivity contribution in [2.24, 2.45) is 0 Å². The Morgan fingerprint density at radius 2 is 0.810 bits per heavy atom. The van der Waals surface area contributed by atoms with E-state index >= 15 is 0 Å². The van der Waals surface area contributed by atoms with Gasteiger partial charge in [-0.25, -0.2) is 4.79 Å². The number of carboxylic acids is 1. The molecule has 79 heavy (non-hydrogen) atoms. The van der Waals surface area contributed by atoms with Crippen LogP contribution < -0.4 is 0 Å². The quantitative estimate of drug-likeness (QED) is 0.0228. The Bertz CT molecular complexity index is 1880. The molecule has 3 N–H and O–H groups in total. The van der Waals surface area contributed by atoms with Crippen LogP contribution in [0.4, 0.5) is 0 Å². The minimum absolute atomic E-state index is 0.0292. The van der Waals surface area contributed by atoms with Crippen LogP contribution in [0.1, 0.15) is 213 Å². The van der Waals surface area contributed by atoms with Gasteiger partial charge in [-0.2, -0.15) is 0 Å². The smallest absolute Gasteiger partial charge is 0.335 e. The summed E-state index contributed by atoms with van der Waals surface area (Å²) in [5.41, 5.74) is 0. The minimum atomic E-state index is -1.93. The van der Waals surface area contributed by atoms with Gasteiger partial charge in [0.05, 0.1) is 6.61 Å². The molecule has 0 aliphatic carbocycles. The predicted molar refractivity (Wildman–Crippen MR) is 321 cm³/mol. The van der Waals surface area contributed by atoms with E-state index in [1.807, 2.05) is 6.08 Å². The summed E-state index contributed by atoms with van der Waals surface area (Å²) in [6.07, 6.45) is 62.8. The third-order valence-corrected chi connectivity index (χ3v) is 12.7. The lowest BCUT2D eigenvalue weighted by Crippen LogP contribution is -2.61. The summed E-state index contributed by atoms with van der Waals surface area (Å²) in [7, 11) is 0. The lowest BCUT2D eigenvalue weighted by molar-refractivity contribution is -0.301. The second-order valence-corrected chi connectivity index (χ2v) is 19.9. The number of carboxylic acid groups (broad SMARTS) is 1. The van der Waals surface area contributed by atoms with Crippen LogP contribution in [0.5, 0.6) is 0 Å². The second kappa shape index (κ2) is 53.5. The van der Waals surface area contributed by atoms with E-state index in [1.54, 1.807) is 0 Å². The molecule has 0 amide bonds. The molecule has 0 aromatic carbocycles. The van der Waals surface area contributed by atoms with Crippen molar-refractivity contribution in [3.8, 4) is 0 Å². The molecule has 6 atom stereocenters. The first-order valence-corrected chi connectivity index (χ1v) is 30.2. The monoisotopic (exact) mass is 1100 g/mol. The average Bonchev–Trinajstić information content (AvgIpc) is 3.47. The largest absolute Gasteiger partial charge is 0.479 e. The summed E-state index contributed by atoms with van der Waals surface area (Å²) in [6.45, 7) is 5.64. The van der Waals surface area contributed by atoms with Crippen molar-refractivity contribution in [2.45, 2.75) is 250 Å². The average molecular weight is 1100 g/mol. The maximum Gasteiger partial charge on any atom is 0.335 e. The van der Waals surface area contributed by atoms with Crippen molar-refractivity contribution in [3.63, 3.8) is 0 Å². The fraction of sp³-hybridized carbons (Fsp3) is 0.612. The standard InChI is InChI=1S/C67H104O12/c1-4-7-10-13-16-19-22-25-27-29-30-32-34-37-40-43-46-49-52-55-61(70)78-65-63(72)62(71)64(66(73)74)79-67(65)76-57-58(77-60(69)54-51-48-45-42-39-35-24-21-18-15-12-9-6-3)56-75-59(68)53-50-47-44-41-38-36-33-31-28-26-23-20-17-14-11-8-5-2/h8-9,11-12,16-21,25-28,30,32-33,35-36,39,41,44,58,62-65,67,71-72H,4-7,10,13-15,22-24,29,31,34,37-38,40,42-43,45-57H2,1-3H3,(H,73,74)/b11-8-,12-9-,19-16-,20-17-,21-18-,27-25-,28-26-,32-30-,36-33-,39-35-,44-41-. The Morgan fingerprint density at radius 1 is 0.430 bits per heavy atom. The van der Waals surface area contributed by atoms with Crippen molar-refractivity contribution in [1.29, 1.82) is 0 Å². The lowest BCUT2D eigenvalue weighted by atomic mass is 9.98. The highest BCUT2D eigenvalue weighted by Gasteiger charge is 2.50. The predicted octanol–water partition coefficient (Wildman–Crippen LogP) is 15.8. The van der Waals surface area contributed by atoms with Crippen LogP contribution in [-0.2, 0) is 42.9 Å². The number of unbranched alkanes of at least 4 members (excludes halogenated alkanes) is 13. The number of carbonyl (C=O) groups excluding carboxylic acids is 3. The van der Waals surface area contributed by atoms with Gasteiger partial charge >= 0.3 is 23.9 Å². The van der Waals surface area contributed by atoms with Crippen LogP contribution in [0.3, 0.4) is 0 Å². The third-order valence-electron chi connectivity index (χ3n) is 12.7. The SMILES string of the molecule is CC/C=C\C/C=C\C/C=C\C/C=C\C/C=C\CCCC(=O)OCC(COC1OC(C(=O)O)C(O)C(O)C1OC(=O)CCCCCCCC/C=C\C/C=C\C/C=C\CCCCC)OC(=O)CCCCC/C=C\C/C=C\C/C=C\CC. The van der Waals surface area contributed by atoms with Gasteiger partial charge in [0.2, 0.25) is 0 Å². The number of aliphatic hydroxyl groups is 2. The molecule has 0 bridgehead atoms. The zero-order valence-corrected chi connectivity index (χ0v) is 48.8. The van der Waals surface area contributed by atoms with E-state index in [2.05, 4.69) is 148 Å². The van der Waals surface area contributed by atoms with Crippen LogP contribution in [0.25, 0.3) is 0 Å². The van der Waals surface area contributed by atoms with E-state index in [1.165, 1.54) is 19.3 Å². The van der Waals surface area contributed by atoms with Crippen LogP contribution in [0.15, 0.2) is 134 Å². The number of hydrogen-bond acceptors (Lipinski definition) is 11. The van der Waals surface area contributed by atoms with Crippen LogP contribution in [0, 0.1) is 0 Å². The fourth-order valence-corrected chi connectivity index (χ4v) is 8.13. The molecule has 6 unspecified atom stereocenters. The second-order valence-electron chi connectivity index (χ2n) is 19.9. The topological polar surface area (TPSA) is 175 Å². The van der Waals surface area contributed by atoms with Crippen LogP contribution >= 0.6 is 0 Å². The Labute approximate surface area is 477 Å². The first-order chi connectivity index (χ1) is 38.6. The van der Waals surface area contributed by atoms with Gasteiger partial charge in [0.25, 0.3) is 0 Å². The maximum absolute atomic E-state index is 13.1. The summed E-state index contributed by atoms with van der Waals surface area (Å²) in [6, 6.07) is 0. The zero-order chi connectivity index (χ0) is 57.5. The fourth-order valence-electron chi connectivity index (χ4n) is 8.13. The maximum atomic E-state index is 13.1. The Kier molecular flexibility index (Phi) is 48.7. The van der Waals surface area contributed by atoms with Crippen molar-refractivity contribution in [3.05, 3.63) is 134 Å². The summed E-state index contributed by atoms with van der Waals surface area (Å²) >= 11 is 0. The highest BCUT2D eigenvalue weighted by Crippen LogP contribution is 2.26. The van der Waals surface area contributed by atoms with E-state index in [9.17, 15) is 34.5 Å². The highest BCUT2D eigenvalue weighted by molar-refractivity contribution is 5.74. The molecule has 1 heterocycles. The Morgan fingerprint density at radius 3 is 1.27 bits per heavy atom. The Hall–Kier alpha value is -5.14. The molecule has 444 valence electrons. The third kappa shape index (κ3) is 43.4. The van der Waals surface area contributed by atoms with E-state index in [-0.39, 0.29) is 25.9 Å². The molecule has 12 nitrogen and oxygen atoms in total. The summed E-state index contributed by atoms with van der Waals surface area (Å²) in [5.74, 6) is -3.28. The molecule has 1 saturated heterocycles. The van der Waals surface area contributed by atoms with Crippen molar-refractivity contribution >= 4 is 23.9 Å². The molecule has 1 rings (SSSR count). The van der Waals surface area contributed by atoms with Gasteiger partial charge in [-0.1, -0.05) is 199 Å². The summed E-state index contributed by atoms with van der Waals surface area (Å²) in [5, 5.41) is 31.5. The Balaban J connectivity index is 2.74. The van der Waals surface area contributed by atoms with Gasteiger partial charge in [-0.05, 0) is 128 Å². The van der Waals surface area contributed by atoms with E-state index in [4.69, 9.17) is 23.7 Å². The van der Waals surface area contributed by atoms with Crippen molar-refractivity contribution < 1.29 is 58.2 Å². The number of ether oxygens (including phenoxy) is 5. The molecular formula is C67H104O12. The highest BCUT2D eigenvalue weighted by atomic mass is 16.7. The zero-order valence-electron chi connectivity index (χ0n) is 48.8. The van der Waals surface area contributed by atoms with Crippen LogP contribution in [0.2, 0.25) is 0 Å². The molecule has 0 saturated carbocycles. The van der Waals surface area contributed by atoms with Gasteiger partial charge in [0.1, 0.15) is 18.8 Å². The van der Waals surface area contributed by atoms with Crippen molar-refractivity contribution in [2.75, 3.05) is 13.2 Å². The minimum Gasteiger partial charge on any atom is -0.479 e. The molecule has 12 heteroatoms. The van der Waals surface area contributed by atoms with Gasteiger partial charge in [-0.15, -0.1) is 0 Å². The molecule has 0 radical (unpaired) electrons. The molecule has 0 aromatic heterocycles.